The van der Waals surface area contributed by atoms with Gasteiger partial charge in [-0.2, -0.15) is 0 Å². The van der Waals surface area contributed by atoms with Gasteiger partial charge in [-0.1, -0.05) is 37.6 Å². The number of ether oxygens (including phenoxy) is 3. The zero-order valence-electron chi connectivity index (χ0n) is 20.4. The summed E-state index contributed by atoms with van der Waals surface area (Å²) < 4.78 is 30.6. The fraction of sp³-hybridized carbons (Fsp3) is 0.462. The van der Waals surface area contributed by atoms with Crippen molar-refractivity contribution in [1.82, 2.24) is 5.32 Å². The zero-order chi connectivity index (χ0) is 25.9. The van der Waals surface area contributed by atoms with Crippen LogP contribution >= 0.6 is 0 Å². The molecule has 2 aromatic rings. The van der Waals surface area contributed by atoms with Gasteiger partial charge >= 0.3 is 11.9 Å². The van der Waals surface area contributed by atoms with Gasteiger partial charge in [-0.25, -0.2) is 14.0 Å². The smallest absolute Gasteiger partial charge is 0.414 e. The van der Waals surface area contributed by atoms with E-state index in [1.165, 1.54) is 12.1 Å². The van der Waals surface area contributed by atoms with Crippen molar-refractivity contribution in [2.45, 2.75) is 45.6 Å². The lowest BCUT2D eigenvalue weighted by Gasteiger charge is -2.19. The van der Waals surface area contributed by atoms with E-state index in [1.807, 2.05) is 43.3 Å². The molecule has 0 radical (unpaired) electrons. The monoisotopic (exact) mass is 493 g/mol. The van der Waals surface area contributed by atoms with Crippen LogP contribution in [0.4, 0.5) is 4.39 Å². The number of hydrogen-bond acceptors (Lipinski definition) is 6. The molecule has 2 aromatic carbocycles. The number of hydrogen-bond donors (Lipinski definition) is 3. The second-order valence-electron chi connectivity index (χ2n) is 7.50. The van der Waals surface area contributed by atoms with Crippen LogP contribution in [-0.4, -0.2) is 55.1 Å². The summed E-state index contributed by atoms with van der Waals surface area (Å²) in [6.45, 7) is 7.69. The van der Waals surface area contributed by atoms with Crippen molar-refractivity contribution >= 4 is 11.9 Å². The van der Waals surface area contributed by atoms with Crippen LogP contribution in [0.25, 0.3) is 0 Å². The third-order valence-corrected chi connectivity index (χ3v) is 4.75. The molecule has 3 N–H and O–H groups in total. The minimum atomic E-state index is -1.82. The Morgan fingerprint density at radius 1 is 0.886 bits per heavy atom. The first kappa shape index (κ1) is 29.9. The molecule has 9 heteroatoms. The molecule has 0 aliphatic rings. The van der Waals surface area contributed by atoms with Crippen LogP contribution in [0.3, 0.4) is 0 Å². The molecule has 2 rings (SSSR count). The number of para-hydroxylation sites is 2. The standard InChI is InChI=1S/C24H34FNO3.C2H2O4/c1-3-5-18-28-22(20-12-14-21(25)15-13-20)11-8-16-26-17-19-29-24-10-7-6-9-23(24)27-4-2;3-1(4)2(5)6/h6-7,9-10,12-15,22,26H,3-5,8,11,16-19H2,1-2H3;(H,3,4)(H,5,6). The third-order valence-electron chi connectivity index (χ3n) is 4.75. The molecule has 0 saturated carbocycles. The minimum Gasteiger partial charge on any atom is -0.490 e. The fourth-order valence-corrected chi connectivity index (χ4v) is 3.01. The van der Waals surface area contributed by atoms with Crippen molar-refractivity contribution in [1.29, 1.82) is 0 Å². The van der Waals surface area contributed by atoms with Crippen LogP contribution in [0.1, 0.15) is 51.2 Å². The molecule has 0 aliphatic heterocycles. The van der Waals surface area contributed by atoms with E-state index in [4.69, 9.17) is 34.0 Å². The number of nitrogens with one attached hydrogen (secondary N) is 1. The molecule has 35 heavy (non-hydrogen) atoms. The maximum Gasteiger partial charge on any atom is 0.414 e. The lowest BCUT2D eigenvalue weighted by atomic mass is 10.0. The fourth-order valence-electron chi connectivity index (χ4n) is 3.01. The molecule has 1 atom stereocenters. The summed E-state index contributed by atoms with van der Waals surface area (Å²) in [5.41, 5.74) is 1.04. The molecule has 0 spiro atoms. The first-order valence-corrected chi connectivity index (χ1v) is 11.8. The van der Waals surface area contributed by atoms with Crippen LogP contribution in [-0.2, 0) is 14.3 Å². The molecule has 0 amide bonds. The highest BCUT2D eigenvalue weighted by Crippen LogP contribution is 2.26. The normalized spacial score (nSPS) is 11.2. The maximum absolute atomic E-state index is 13.2. The lowest BCUT2D eigenvalue weighted by molar-refractivity contribution is -0.159. The van der Waals surface area contributed by atoms with E-state index in [1.54, 1.807) is 0 Å². The van der Waals surface area contributed by atoms with Crippen molar-refractivity contribution in [2.24, 2.45) is 0 Å². The summed E-state index contributed by atoms with van der Waals surface area (Å²) in [6, 6.07) is 14.4. The summed E-state index contributed by atoms with van der Waals surface area (Å²) in [4.78, 5) is 18.2. The van der Waals surface area contributed by atoms with Crippen molar-refractivity contribution in [3.63, 3.8) is 0 Å². The summed E-state index contributed by atoms with van der Waals surface area (Å²) in [6.07, 6.45) is 4.03. The minimum absolute atomic E-state index is 0.0123. The highest BCUT2D eigenvalue weighted by Gasteiger charge is 2.12. The third kappa shape index (κ3) is 13.3. The maximum atomic E-state index is 13.2. The molecule has 0 aromatic heterocycles. The Labute approximate surface area is 206 Å². The Hall–Kier alpha value is -3.17. The second-order valence-corrected chi connectivity index (χ2v) is 7.50. The van der Waals surface area contributed by atoms with Gasteiger partial charge in [-0.15, -0.1) is 0 Å². The van der Waals surface area contributed by atoms with Gasteiger partial charge in [0.1, 0.15) is 12.4 Å². The molecule has 8 nitrogen and oxygen atoms in total. The van der Waals surface area contributed by atoms with Crippen molar-refractivity contribution < 1.29 is 38.4 Å². The van der Waals surface area contributed by atoms with Crippen molar-refractivity contribution in [3.05, 3.63) is 59.9 Å². The van der Waals surface area contributed by atoms with E-state index in [2.05, 4.69) is 12.2 Å². The first-order chi connectivity index (χ1) is 16.9. The van der Waals surface area contributed by atoms with Crippen LogP contribution in [0.2, 0.25) is 0 Å². The van der Waals surface area contributed by atoms with Crippen LogP contribution in [0.15, 0.2) is 48.5 Å². The van der Waals surface area contributed by atoms with Gasteiger partial charge in [0.15, 0.2) is 11.5 Å². The Bertz CT molecular complexity index is 849. The number of benzene rings is 2. The summed E-state index contributed by atoms with van der Waals surface area (Å²) in [5.74, 6) is -2.31. The molecule has 194 valence electrons. The zero-order valence-corrected chi connectivity index (χ0v) is 20.4. The highest BCUT2D eigenvalue weighted by molar-refractivity contribution is 6.27. The van der Waals surface area contributed by atoms with E-state index in [-0.39, 0.29) is 11.9 Å². The SMILES string of the molecule is CCCCOC(CCCNCCOc1ccccc1OCC)c1ccc(F)cc1.O=C(O)C(=O)O. The first-order valence-electron chi connectivity index (χ1n) is 11.8. The van der Waals surface area contributed by atoms with Crippen molar-refractivity contribution in [3.8, 4) is 11.5 Å². The van der Waals surface area contributed by atoms with Gasteiger partial charge < -0.3 is 29.7 Å². The number of unbranched alkanes of at least 4 members (excludes halogenated alkanes) is 1. The molecular formula is C26H36FNO7. The van der Waals surface area contributed by atoms with E-state index in [9.17, 15) is 4.39 Å². The topological polar surface area (TPSA) is 114 Å². The van der Waals surface area contributed by atoms with E-state index >= 15 is 0 Å². The number of carboxylic acids is 2. The van der Waals surface area contributed by atoms with Crippen LogP contribution in [0, 0.1) is 5.82 Å². The number of rotatable bonds is 15. The molecular weight excluding hydrogens is 457 g/mol. The van der Waals surface area contributed by atoms with E-state index < -0.39 is 11.9 Å². The number of carbonyl (C=O) groups is 2. The Morgan fingerprint density at radius 3 is 2.09 bits per heavy atom. The largest absolute Gasteiger partial charge is 0.490 e. The van der Waals surface area contributed by atoms with Crippen LogP contribution < -0.4 is 14.8 Å². The Balaban J connectivity index is 0.000000905. The van der Waals surface area contributed by atoms with Gasteiger partial charge in [0, 0.05) is 13.2 Å². The summed E-state index contributed by atoms with van der Waals surface area (Å²) in [7, 11) is 0. The molecule has 0 aliphatic carbocycles. The molecule has 0 saturated heterocycles. The lowest BCUT2D eigenvalue weighted by Crippen LogP contribution is -2.22. The number of halogens is 1. The molecule has 0 bridgehead atoms. The summed E-state index contributed by atoms with van der Waals surface area (Å²) in [5, 5.41) is 18.2. The number of carboxylic acid groups (broad SMARTS) is 2. The predicted octanol–water partition coefficient (Wildman–Crippen LogP) is 4.69. The molecule has 0 fully saturated rings. The second kappa shape index (κ2) is 18.2. The van der Waals surface area contributed by atoms with Gasteiger partial charge in [0.2, 0.25) is 0 Å². The average Bonchev–Trinajstić information content (AvgIpc) is 2.84. The molecule has 1 unspecified atom stereocenters. The quantitative estimate of drug-likeness (QED) is 0.242. The molecule has 0 heterocycles. The van der Waals surface area contributed by atoms with E-state index in [0.29, 0.717) is 13.2 Å². The average molecular weight is 494 g/mol. The van der Waals surface area contributed by atoms with Gasteiger partial charge in [-0.05, 0) is 62.6 Å². The van der Waals surface area contributed by atoms with Gasteiger partial charge in [-0.3, -0.25) is 0 Å². The van der Waals surface area contributed by atoms with Gasteiger partial charge in [0.25, 0.3) is 0 Å². The van der Waals surface area contributed by atoms with Gasteiger partial charge in [0.05, 0.1) is 12.7 Å². The van der Waals surface area contributed by atoms with Crippen molar-refractivity contribution in [2.75, 3.05) is 32.9 Å². The van der Waals surface area contributed by atoms with Crippen LogP contribution in [0.5, 0.6) is 11.5 Å². The Kier molecular flexibility index (Phi) is 15.5. The van der Waals surface area contributed by atoms with E-state index in [0.717, 1.165) is 62.4 Å². The summed E-state index contributed by atoms with van der Waals surface area (Å²) >= 11 is 0. The Morgan fingerprint density at radius 2 is 1.51 bits per heavy atom. The predicted molar refractivity (Wildman–Crippen MR) is 130 cm³/mol. The highest BCUT2D eigenvalue weighted by atomic mass is 19.1. The number of aliphatic carboxylic acids is 2.